The van der Waals surface area contributed by atoms with Crippen LogP contribution in [0, 0.1) is 17.1 Å². The van der Waals surface area contributed by atoms with Gasteiger partial charge in [0.05, 0.1) is 33.6 Å². The summed E-state index contributed by atoms with van der Waals surface area (Å²) < 4.78 is 47.7. The zero-order valence-electron chi connectivity index (χ0n) is 33.1. The number of anilines is 3. The lowest BCUT2D eigenvalue weighted by Crippen LogP contribution is -2.57. The monoisotopic (exact) mass is 806 g/mol. The fourth-order valence-electron chi connectivity index (χ4n) is 9.18. The van der Waals surface area contributed by atoms with E-state index < -0.39 is 40.7 Å². The molecule has 0 spiro atoms. The van der Waals surface area contributed by atoms with Gasteiger partial charge in [0, 0.05) is 43.5 Å². The van der Waals surface area contributed by atoms with Crippen LogP contribution in [0.5, 0.6) is 6.01 Å². The number of halogens is 2. The van der Waals surface area contributed by atoms with Crippen LogP contribution in [0.4, 0.5) is 34.9 Å². The first kappa shape index (κ1) is 39.0. The standard InChI is InChI=1S/C40H48F2N8O6S/c1-38(2,3)55-36(52)46-33-26(17-43)29-28(11-10-27(42)31(29)57-33)49-15-12-25-30(34(49)51)44-35(54-21-40-13-7-14-48(40)18-22(41)16-40)45-32(25)47-19-23-8-9-24(20-47)50(23)37(53)56-39(4,5)6/h10-11,22-24H,7-9,12-16,18-21H2,1-6H3,(H,46,52)/t22-,23-,24+,40+/m1/s1. The van der Waals surface area contributed by atoms with Gasteiger partial charge in [-0.3, -0.25) is 19.9 Å². The maximum absolute atomic E-state index is 15.4. The molecular formula is C40H48F2N8O6S. The molecule has 17 heteroatoms. The van der Waals surface area contributed by atoms with Crippen molar-refractivity contribution in [1.29, 1.82) is 5.26 Å². The van der Waals surface area contributed by atoms with Crippen molar-refractivity contribution >= 4 is 56.0 Å². The molecular weight excluding hydrogens is 759 g/mol. The van der Waals surface area contributed by atoms with Crippen LogP contribution in [-0.2, 0) is 15.9 Å². The number of rotatable bonds is 6. The molecule has 1 N–H and O–H groups in total. The molecule has 0 unspecified atom stereocenters. The molecule has 0 saturated carbocycles. The number of thiophene rings is 1. The minimum atomic E-state index is -0.955. The van der Waals surface area contributed by atoms with Crippen molar-refractivity contribution in [2.24, 2.45) is 0 Å². The molecule has 2 aromatic heterocycles. The molecule has 1 aromatic carbocycles. The molecule has 4 atom stereocenters. The number of nitrogens with zero attached hydrogens (tertiary/aromatic N) is 7. The molecule has 4 fully saturated rings. The van der Waals surface area contributed by atoms with E-state index in [4.69, 9.17) is 24.2 Å². The first-order valence-corrected chi connectivity index (χ1v) is 20.4. The molecule has 3 aromatic rings. The summed E-state index contributed by atoms with van der Waals surface area (Å²) in [6.45, 7) is 13.0. The van der Waals surface area contributed by atoms with E-state index in [1.165, 1.54) is 17.0 Å². The summed E-state index contributed by atoms with van der Waals surface area (Å²) in [6, 6.07) is 4.53. The van der Waals surface area contributed by atoms with Gasteiger partial charge in [-0.15, -0.1) is 11.3 Å². The fraction of sp³-hybridized carbons (Fsp3) is 0.600. The molecule has 8 rings (SSSR count). The smallest absolute Gasteiger partial charge is 0.412 e. The SMILES string of the molecule is CC(C)(C)OC(=O)Nc1sc2c(F)ccc(N3CCc4c(nc(OC[C@@]56CCCN5C[C@H](F)C6)nc4N4C[C@H]5CC[C@@H](C4)N5C(=O)OC(C)(C)C)C3=O)c2c1C#N. The highest BCUT2D eigenvalue weighted by Gasteiger charge is 2.50. The third-order valence-corrected chi connectivity index (χ3v) is 12.5. The van der Waals surface area contributed by atoms with Crippen molar-refractivity contribution in [2.75, 3.05) is 54.4 Å². The molecule has 5 aliphatic rings. The summed E-state index contributed by atoms with van der Waals surface area (Å²) in [7, 11) is 0. The minimum Gasteiger partial charge on any atom is -0.461 e. The maximum atomic E-state index is 15.4. The van der Waals surface area contributed by atoms with E-state index >= 15 is 4.39 Å². The third kappa shape index (κ3) is 7.30. The van der Waals surface area contributed by atoms with Crippen LogP contribution in [0.3, 0.4) is 0 Å². The second-order valence-electron chi connectivity index (χ2n) is 17.7. The molecule has 3 amide bonds. The Hall–Kier alpha value is -4.82. The number of hydrogen-bond acceptors (Lipinski definition) is 12. The number of amides is 3. The Kier molecular flexibility index (Phi) is 9.74. The van der Waals surface area contributed by atoms with Crippen molar-refractivity contribution in [3.05, 3.63) is 34.8 Å². The van der Waals surface area contributed by atoms with Crippen molar-refractivity contribution in [2.45, 2.75) is 115 Å². The molecule has 7 heterocycles. The van der Waals surface area contributed by atoms with Gasteiger partial charge in [0.2, 0.25) is 0 Å². The Bertz CT molecular complexity index is 2170. The second-order valence-corrected chi connectivity index (χ2v) is 18.7. The number of ether oxygens (including phenoxy) is 3. The lowest BCUT2D eigenvalue weighted by atomic mass is 9.95. The summed E-state index contributed by atoms with van der Waals surface area (Å²) in [6.07, 6.45) is 1.86. The molecule has 14 nitrogen and oxygen atoms in total. The van der Waals surface area contributed by atoms with E-state index in [1.807, 2.05) is 25.7 Å². The zero-order chi connectivity index (χ0) is 40.6. The highest BCUT2D eigenvalue weighted by molar-refractivity contribution is 7.23. The number of fused-ring (bicyclic) bond motifs is 5. The third-order valence-electron chi connectivity index (χ3n) is 11.4. The zero-order valence-corrected chi connectivity index (χ0v) is 33.9. The number of alkyl halides is 1. The molecule has 304 valence electrons. The number of piperazine rings is 1. The largest absolute Gasteiger partial charge is 0.461 e. The number of aromatic nitrogens is 2. The summed E-state index contributed by atoms with van der Waals surface area (Å²) in [4.78, 5) is 58.0. The van der Waals surface area contributed by atoms with Gasteiger partial charge in [-0.05, 0) is 92.3 Å². The molecule has 4 saturated heterocycles. The average molecular weight is 807 g/mol. The van der Waals surface area contributed by atoms with E-state index in [0.29, 0.717) is 49.5 Å². The normalized spacial score (nSPS) is 24.7. The highest BCUT2D eigenvalue weighted by atomic mass is 32.1. The number of benzene rings is 1. The van der Waals surface area contributed by atoms with Crippen LogP contribution in [-0.4, -0.2) is 112 Å². The Morgan fingerprint density at radius 1 is 1.05 bits per heavy atom. The molecule has 0 aliphatic carbocycles. The fourth-order valence-corrected chi connectivity index (χ4v) is 10.2. The number of hydrogen-bond donors (Lipinski definition) is 1. The predicted molar refractivity (Wildman–Crippen MR) is 209 cm³/mol. The van der Waals surface area contributed by atoms with Gasteiger partial charge in [-0.1, -0.05) is 0 Å². The Morgan fingerprint density at radius 2 is 1.77 bits per heavy atom. The topological polar surface area (TPSA) is 153 Å². The first-order valence-electron chi connectivity index (χ1n) is 19.6. The van der Waals surface area contributed by atoms with E-state index in [2.05, 4.69) is 21.2 Å². The Morgan fingerprint density at radius 3 is 2.46 bits per heavy atom. The van der Waals surface area contributed by atoms with Crippen LogP contribution in [0.25, 0.3) is 10.1 Å². The minimum absolute atomic E-state index is 0.00259. The van der Waals surface area contributed by atoms with Crippen LogP contribution in [0.1, 0.15) is 95.3 Å². The average Bonchev–Trinajstić information content (AvgIpc) is 3.84. The number of nitriles is 1. The number of carbonyl (C=O) groups is 3. The summed E-state index contributed by atoms with van der Waals surface area (Å²) in [5.41, 5.74) is -0.911. The van der Waals surface area contributed by atoms with Crippen LogP contribution < -0.4 is 19.9 Å². The summed E-state index contributed by atoms with van der Waals surface area (Å²) in [5, 5.41) is 13.2. The summed E-state index contributed by atoms with van der Waals surface area (Å²) >= 11 is 0.888. The number of carbonyl (C=O) groups excluding carboxylic acids is 3. The molecule has 2 bridgehead atoms. The van der Waals surface area contributed by atoms with Gasteiger partial charge in [-0.2, -0.15) is 15.2 Å². The van der Waals surface area contributed by atoms with Crippen molar-refractivity contribution in [1.82, 2.24) is 19.8 Å². The highest BCUT2D eigenvalue weighted by Crippen LogP contribution is 2.45. The van der Waals surface area contributed by atoms with Crippen LogP contribution in [0.15, 0.2) is 12.1 Å². The van der Waals surface area contributed by atoms with Crippen molar-refractivity contribution in [3.63, 3.8) is 0 Å². The first-order chi connectivity index (χ1) is 26.9. The van der Waals surface area contributed by atoms with Crippen molar-refractivity contribution < 1.29 is 37.4 Å². The van der Waals surface area contributed by atoms with E-state index in [1.54, 1.807) is 20.8 Å². The van der Waals surface area contributed by atoms with E-state index in [9.17, 15) is 24.0 Å². The Labute approximate surface area is 334 Å². The second kappa shape index (κ2) is 14.2. The van der Waals surface area contributed by atoms with Gasteiger partial charge in [0.15, 0.2) is 0 Å². The van der Waals surface area contributed by atoms with Crippen molar-refractivity contribution in [3.8, 4) is 12.1 Å². The predicted octanol–water partition coefficient (Wildman–Crippen LogP) is 6.80. The quantitative estimate of drug-likeness (QED) is 0.280. The van der Waals surface area contributed by atoms with Gasteiger partial charge < -0.3 is 24.0 Å². The van der Waals surface area contributed by atoms with Gasteiger partial charge in [-0.25, -0.2) is 18.4 Å². The van der Waals surface area contributed by atoms with Gasteiger partial charge >= 0.3 is 18.2 Å². The lowest BCUT2D eigenvalue weighted by Gasteiger charge is -2.42. The molecule has 57 heavy (non-hydrogen) atoms. The summed E-state index contributed by atoms with van der Waals surface area (Å²) in [5.74, 6) is -0.559. The van der Waals surface area contributed by atoms with Gasteiger partial charge in [0.25, 0.3) is 5.91 Å². The van der Waals surface area contributed by atoms with E-state index in [-0.39, 0.29) is 63.7 Å². The lowest BCUT2D eigenvalue weighted by molar-refractivity contribution is 0.0122. The van der Waals surface area contributed by atoms with Crippen LogP contribution >= 0.6 is 11.3 Å². The van der Waals surface area contributed by atoms with Crippen LogP contribution in [0.2, 0.25) is 0 Å². The Balaban J connectivity index is 1.15. The molecule has 0 radical (unpaired) electrons. The number of nitrogens with one attached hydrogen (secondary N) is 1. The molecule has 5 aliphatic heterocycles. The van der Waals surface area contributed by atoms with Gasteiger partial charge in [0.1, 0.15) is 52.4 Å². The van der Waals surface area contributed by atoms with E-state index in [0.717, 1.165) is 43.6 Å². The maximum Gasteiger partial charge on any atom is 0.412 e.